The number of rotatable bonds is 6. The fraction of sp³-hybridized carbons (Fsp3) is 0.188. The first-order chi connectivity index (χ1) is 10.2. The lowest BCUT2D eigenvalue weighted by molar-refractivity contribution is -0.116. The maximum atomic E-state index is 12.7. The molecule has 3 nitrogen and oxygen atoms in total. The van der Waals surface area contributed by atoms with E-state index in [0.717, 1.165) is 10.6 Å². The summed E-state index contributed by atoms with van der Waals surface area (Å²) in [7, 11) is 0. The molecule has 0 atom stereocenters. The molecule has 0 aromatic heterocycles. The third-order valence-electron chi connectivity index (χ3n) is 2.79. The van der Waals surface area contributed by atoms with Crippen LogP contribution in [-0.4, -0.2) is 18.8 Å². The molecule has 0 aliphatic carbocycles. The smallest absolute Gasteiger partial charge is 0.227 e. The van der Waals surface area contributed by atoms with Gasteiger partial charge in [0.15, 0.2) is 0 Å². The predicted molar refractivity (Wildman–Crippen MR) is 83.4 cm³/mol. The van der Waals surface area contributed by atoms with Crippen LogP contribution in [0.15, 0.2) is 53.4 Å². The lowest BCUT2D eigenvalue weighted by Crippen LogP contribution is -2.15. The Bertz CT molecular complexity index is 601. The summed E-state index contributed by atoms with van der Waals surface area (Å²) >= 11 is 1.58. The highest BCUT2D eigenvalue weighted by Crippen LogP contribution is 2.24. The molecule has 1 N–H and O–H groups in total. The van der Waals surface area contributed by atoms with Crippen LogP contribution in [0.25, 0.3) is 0 Å². The van der Waals surface area contributed by atoms with Crippen LogP contribution in [0.1, 0.15) is 6.42 Å². The van der Waals surface area contributed by atoms with Crippen molar-refractivity contribution >= 4 is 23.4 Å². The number of nitrogens with one attached hydrogen (secondary N) is 1. The van der Waals surface area contributed by atoms with E-state index >= 15 is 0 Å². The first kappa shape index (κ1) is 15.4. The second kappa shape index (κ2) is 7.69. The van der Waals surface area contributed by atoms with Crippen LogP contribution in [0.2, 0.25) is 0 Å². The van der Waals surface area contributed by atoms with Crippen molar-refractivity contribution in [3.63, 3.8) is 0 Å². The fourth-order valence-corrected chi connectivity index (χ4v) is 2.31. The topological polar surface area (TPSA) is 38.3 Å². The summed E-state index contributed by atoms with van der Waals surface area (Å²) in [5.41, 5.74) is 0.803. The molecule has 0 aliphatic heterocycles. The van der Waals surface area contributed by atoms with Gasteiger partial charge in [-0.3, -0.25) is 4.79 Å². The minimum atomic E-state index is -0.311. The number of thioether (sulfide) groups is 1. The molecule has 2 aromatic rings. The molecule has 5 heteroatoms. The highest BCUT2D eigenvalue weighted by molar-refractivity contribution is 7.98. The van der Waals surface area contributed by atoms with E-state index in [4.69, 9.17) is 4.74 Å². The first-order valence-electron chi connectivity index (χ1n) is 6.50. The molecule has 2 rings (SSSR count). The van der Waals surface area contributed by atoms with Crippen LogP contribution >= 0.6 is 11.8 Å². The van der Waals surface area contributed by atoms with Crippen molar-refractivity contribution in [2.75, 3.05) is 18.2 Å². The Morgan fingerprint density at radius 1 is 1.19 bits per heavy atom. The molecule has 0 heterocycles. The SMILES string of the molecule is CSc1ccccc1NC(=O)CCOc1ccc(F)cc1. The van der Waals surface area contributed by atoms with Gasteiger partial charge in [-0.25, -0.2) is 4.39 Å². The molecule has 0 saturated heterocycles. The third-order valence-corrected chi connectivity index (χ3v) is 3.59. The molecule has 0 aliphatic rings. The van der Waals surface area contributed by atoms with Crippen LogP contribution in [0.5, 0.6) is 5.75 Å². The van der Waals surface area contributed by atoms with E-state index < -0.39 is 0 Å². The van der Waals surface area contributed by atoms with Crippen molar-refractivity contribution < 1.29 is 13.9 Å². The molecular formula is C16H16FNO2S. The Morgan fingerprint density at radius 3 is 2.62 bits per heavy atom. The number of carbonyl (C=O) groups excluding carboxylic acids is 1. The van der Waals surface area contributed by atoms with Gasteiger partial charge in [-0.1, -0.05) is 12.1 Å². The number of halogens is 1. The van der Waals surface area contributed by atoms with E-state index in [1.807, 2.05) is 30.5 Å². The van der Waals surface area contributed by atoms with Crippen molar-refractivity contribution in [3.8, 4) is 5.75 Å². The zero-order valence-corrected chi connectivity index (χ0v) is 12.5. The van der Waals surface area contributed by atoms with Gasteiger partial charge in [-0.15, -0.1) is 11.8 Å². The number of hydrogen-bond donors (Lipinski definition) is 1. The molecule has 110 valence electrons. The third kappa shape index (κ3) is 4.79. The number of ether oxygens (including phenoxy) is 1. The average Bonchev–Trinajstić information content (AvgIpc) is 2.50. The number of amides is 1. The average molecular weight is 305 g/mol. The Labute approximate surface area is 127 Å². The normalized spacial score (nSPS) is 10.2. The lowest BCUT2D eigenvalue weighted by atomic mass is 10.3. The van der Waals surface area contributed by atoms with E-state index in [2.05, 4.69) is 5.32 Å². The Balaban J connectivity index is 1.81. The molecule has 0 spiro atoms. The van der Waals surface area contributed by atoms with Gasteiger partial charge >= 0.3 is 0 Å². The van der Waals surface area contributed by atoms with Gasteiger partial charge in [0, 0.05) is 4.90 Å². The highest BCUT2D eigenvalue weighted by Gasteiger charge is 2.06. The Morgan fingerprint density at radius 2 is 1.90 bits per heavy atom. The van der Waals surface area contributed by atoms with E-state index in [0.29, 0.717) is 5.75 Å². The quantitative estimate of drug-likeness (QED) is 0.821. The van der Waals surface area contributed by atoms with Gasteiger partial charge < -0.3 is 10.1 Å². The largest absolute Gasteiger partial charge is 0.493 e. The van der Waals surface area contributed by atoms with Gasteiger partial charge in [-0.2, -0.15) is 0 Å². The van der Waals surface area contributed by atoms with Crippen LogP contribution in [0, 0.1) is 5.82 Å². The van der Waals surface area contributed by atoms with Crippen molar-refractivity contribution in [3.05, 3.63) is 54.3 Å². The van der Waals surface area contributed by atoms with Crippen LogP contribution in [-0.2, 0) is 4.79 Å². The molecule has 0 bridgehead atoms. The number of anilines is 1. The van der Waals surface area contributed by atoms with E-state index in [-0.39, 0.29) is 24.8 Å². The number of carbonyl (C=O) groups is 1. The maximum Gasteiger partial charge on any atom is 0.227 e. The van der Waals surface area contributed by atoms with Gasteiger partial charge in [-0.05, 0) is 42.7 Å². The molecule has 0 fully saturated rings. The Hall–Kier alpha value is -2.01. The second-order valence-corrected chi connectivity index (χ2v) is 5.15. The predicted octanol–water partition coefficient (Wildman–Crippen LogP) is 3.96. The fourth-order valence-electron chi connectivity index (χ4n) is 1.75. The van der Waals surface area contributed by atoms with E-state index in [9.17, 15) is 9.18 Å². The maximum absolute atomic E-state index is 12.7. The van der Waals surface area contributed by atoms with Crippen molar-refractivity contribution in [1.29, 1.82) is 0 Å². The van der Waals surface area contributed by atoms with Gasteiger partial charge in [0.1, 0.15) is 11.6 Å². The van der Waals surface area contributed by atoms with Crippen molar-refractivity contribution in [2.45, 2.75) is 11.3 Å². The molecule has 0 saturated carbocycles. The van der Waals surface area contributed by atoms with Crippen molar-refractivity contribution in [2.24, 2.45) is 0 Å². The monoisotopic (exact) mass is 305 g/mol. The summed E-state index contributed by atoms with van der Waals surface area (Å²) in [4.78, 5) is 12.9. The number of benzene rings is 2. The molecule has 2 aromatic carbocycles. The minimum absolute atomic E-state index is 0.112. The van der Waals surface area contributed by atoms with Gasteiger partial charge in [0.25, 0.3) is 0 Å². The molecular weight excluding hydrogens is 289 g/mol. The Kier molecular flexibility index (Phi) is 5.63. The standard InChI is InChI=1S/C16H16FNO2S/c1-21-15-5-3-2-4-14(15)18-16(19)10-11-20-13-8-6-12(17)7-9-13/h2-9H,10-11H2,1H3,(H,18,19). The highest BCUT2D eigenvalue weighted by atomic mass is 32.2. The zero-order valence-electron chi connectivity index (χ0n) is 11.6. The number of hydrogen-bond acceptors (Lipinski definition) is 3. The summed E-state index contributed by atoms with van der Waals surface area (Å²) in [6.07, 6.45) is 2.20. The molecule has 21 heavy (non-hydrogen) atoms. The van der Waals surface area contributed by atoms with Crippen LogP contribution < -0.4 is 10.1 Å². The van der Waals surface area contributed by atoms with Crippen LogP contribution in [0.4, 0.5) is 10.1 Å². The van der Waals surface area contributed by atoms with Gasteiger partial charge in [0.05, 0.1) is 18.7 Å². The molecule has 0 radical (unpaired) electrons. The molecule has 1 amide bonds. The summed E-state index contributed by atoms with van der Waals surface area (Å²) in [6.45, 7) is 0.249. The van der Waals surface area contributed by atoms with Crippen LogP contribution in [0.3, 0.4) is 0 Å². The zero-order chi connectivity index (χ0) is 15.1. The second-order valence-electron chi connectivity index (χ2n) is 4.30. The lowest BCUT2D eigenvalue weighted by Gasteiger charge is -2.10. The van der Waals surface area contributed by atoms with Crippen molar-refractivity contribution in [1.82, 2.24) is 0 Å². The summed E-state index contributed by atoms with van der Waals surface area (Å²) < 4.78 is 18.1. The minimum Gasteiger partial charge on any atom is -0.493 e. The summed E-state index contributed by atoms with van der Waals surface area (Å²) in [5, 5.41) is 2.86. The molecule has 0 unspecified atom stereocenters. The first-order valence-corrected chi connectivity index (χ1v) is 7.73. The summed E-state index contributed by atoms with van der Waals surface area (Å²) in [5.74, 6) is 0.126. The number of para-hydroxylation sites is 1. The summed E-state index contributed by atoms with van der Waals surface area (Å²) in [6, 6.07) is 13.4. The van der Waals surface area contributed by atoms with E-state index in [1.165, 1.54) is 24.3 Å². The van der Waals surface area contributed by atoms with Gasteiger partial charge in [0.2, 0.25) is 5.91 Å². The van der Waals surface area contributed by atoms with E-state index in [1.54, 1.807) is 11.8 Å².